The molecule has 7 nitrogen and oxygen atoms in total. The second-order valence-electron chi connectivity index (χ2n) is 9.39. The van der Waals surface area contributed by atoms with Gasteiger partial charge in [0.05, 0.1) is 12.1 Å². The van der Waals surface area contributed by atoms with Gasteiger partial charge in [-0.2, -0.15) is 0 Å². The Kier molecular flexibility index (Phi) is 9.04. The first-order valence-electron chi connectivity index (χ1n) is 12.5. The highest BCUT2D eigenvalue weighted by molar-refractivity contribution is 5.83. The molecule has 9 heteroatoms. The summed E-state index contributed by atoms with van der Waals surface area (Å²) in [6.07, 6.45) is -1.20. The van der Waals surface area contributed by atoms with Crippen LogP contribution in [0.1, 0.15) is 23.6 Å². The summed E-state index contributed by atoms with van der Waals surface area (Å²) >= 11 is 0. The van der Waals surface area contributed by atoms with Crippen molar-refractivity contribution in [3.8, 4) is 5.75 Å². The molecule has 0 aromatic heterocycles. The fraction of sp³-hybridized carbons (Fsp3) is 0.310. The van der Waals surface area contributed by atoms with E-state index >= 15 is 0 Å². The Morgan fingerprint density at radius 3 is 2.50 bits per heavy atom. The SMILES string of the molecule is CC(=O)N[C@@H](Cc1cc(F)cc(OCc2ccc(F)cc2)c1)[C@H](O)[C@@H]1NCCN(Cc2ccccc2)C1=O. The van der Waals surface area contributed by atoms with E-state index in [1.807, 2.05) is 30.3 Å². The average Bonchev–Trinajstić information content (AvgIpc) is 2.89. The van der Waals surface area contributed by atoms with E-state index < -0.39 is 24.0 Å². The van der Waals surface area contributed by atoms with Gasteiger partial charge in [0.25, 0.3) is 0 Å². The first kappa shape index (κ1) is 27.2. The number of amides is 2. The van der Waals surface area contributed by atoms with Crippen molar-refractivity contribution >= 4 is 11.8 Å². The molecule has 1 fully saturated rings. The van der Waals surface area contributed by atoms with Crippen LogP contribution in [0.5, 0.6) is 5.75 Å². The van der Waals surface area contributed by atoms with Gasteiger partial charge in [-0.15, -0.1) is 0 Å². The van der Waals surface area contributed by atoms with Crippen LogP contribution in [0.2, 0.25) is 0 Å². The Morgan fingerprint density at radius 1 is 1.05 bits per heavy atom. The summed E-state index contributed by atoms with van der Waals surface area (Å²) in [7, 11) is 0. The molecule has 0 radical (unpaired) electrons. The van der Waals surface area contributed by atoms with E-state index in [1.54, 1.807) is 23.1 Å². The van der Waals surface area contributed by atoms with Gasteiger partial charge in [-0.25, -0.2) is 8.78 Å². The molecule has 3 aromatic rings. The number of carbonyl (C=O) groups excluding carboxylic acids is 2. The number of aliphatic hydroxyl groups excluding tert-OH is 1. The summed E-state index contributed by atoms with van der Waals surface area (Å²) in [6.45, 7) is 2.81. The van der Waals surface area contributed by atoms with E-state index in [2.05, 4.69) is 10.6 Å². The molecule has 3 atom stereocenters. The molecule has 0 aliphatic carbocycles. The van der Waals surface area contributed by atoms with E-state index in [0.29, 0.717) is 30.8 Å². The number of rotatable bonds is 10. The van der Waals surface area contributed by atoms with E-state index in [9.17, 15) is 23.5 Å². The molecular weight excluding hydrogens is 492 g/mol. The average molecular weight is 524 g/mol. The van der Waals surface area contributed by atoms with Gasteiger partial charge < -0.3 is 25.4 Å². The van der Waals surface area contributed by atoms with E-state index in [4.69, 9.17) is 4.74 Å². The first-order chi connectivity index (χ1) is 18.3. The van der Waals surface area contributed by atoms with Crippen LogP contribution in [0, 0.1) is 11.6 Å². The van der Waals surface area contributed by atoms with Crippen LogP contribution < -0.4 is 15.4 Å². The highest BCUT2D eigenvalue weighted by Gasteiger charge is 2.38. The number of piperazine rings is 1. The third kappa shape index (κ3) is 7.36. The number of hydrogen-bond acceptors (Lipinski definition) is 5. The lowest BCUT2D eigenvalue weighted by molar-refractivity contribution is -0.141. The predicted molar refractivity (Wildman–Crippen MR) is 138 cm³/mol. The quantitative estimate of drug-likeness (QED) is 0.380. The van der Waals surface area contributed by atoms with Crippen molar-refractivity contribution < 1.29 is 28.2 Å². The summed E-state index contributed by atoms with van der Waals surface area (Å²) in [4.78, 5) is 26.9. The van der Waals surface area contributed by atoms with Crippen LogP contribution in [0.4, 0.5) is 8.78 Å². The smallest absolute Gasteiger partial charge is 0.242 e. The van der Waals surface area contributed by atoms with Crippen molar-refractivity contribution in [1.82, 2.24) is 15.5 Å². The molecule has 0 bridgehead atoms. The van der Waals surface area contributed by atoms with Gasteiger partial charge in [-0.1, -0.05) is 42.5 Å². The molecule has 1 saturated heterocycles. The molecule has 0 unspecified atom stereocenters. The zero-order chi connectivity index (χ0) is 27.1. The summed E-state index contributed by atoms with van der Waals surface area (Å²) in [5.74, 6) is -1.32. The number of aliphatic hydroxyl groups is 1. The van der Waals surface area contributed by atoms with Gasteiger partial charge in [0, 0.05) is 32.6 Å². The zero-order valence-electron chi connectivity index (χ0n) is 21.1. The standard InChI is InChI=1S/C29H31F2N3O4/c1-19(35)33-26(28(36)27-29(37)34(12-11-32-27)17-20-5-3-2-4-6-20)15-22-13-24(31)16-25(14-22)38-18-21-7-9-23(30)10-8-21/h2-10,13-14,16,26-28,32,36H,11-12,15,17-18H2,1H3,(H,33,35)/t26-,27-,28-/m0/s1. The van der Waals surface area contributed by atoms with Gasteiger partial charge in [0.15, 0.2) is 0 Å². The molecule has 38 heavy (non-hydrogen) atoms. The van der Waals surface area contributed by atoms with Crippen molar-refractivity contribution in [2.24, 2.45) is 0 Å². The third-order valence-electron chi connectivity index (χ3n) is 6.39. The van der Waals surface area contributed by atoms with Crippen LogP contribution in [-0.2, 0) is 29.2 Å². The van der Waals surface area contributed by atoms with Crippen LogP contribution >= 0.6 is 0 Å². The second kappa shape index (κ2) is 12.6. The molecule has 2 amide bonds. The first-order valence-corrected chi connectivity index (χ1v) is 12.5. The minimum Gasteiger partial charge on any atom is -0.489 e. The van der Waals surface area contributed by atoms with Crippen molar-refractivity contribution in [2.75, 3.05) is 13.1 Å². The number of ether oxygens (including phenoxy) is 1. The Labute approximate surface area is 220 Å². The molecule has 200 valence electrons. The fourth-order valence-electron chi connectivity index (χ4n) is 4.55. The van der Waals surface area contributed by atoms with Gasteiger partial charge in [-0.3, -0.25) is 9.59 Å². The maximum Gasteiger partial charge on any atom is 0.242 e. The lowest BCUT2D eigenvalue weighted by Crippen LogP contribution is -2.63. The molecule has 1 aliphatic rings. The minimum absolute atomic E-state index is 0.0650. The molecule has 1 aliphatic heterocycles. The van der Waals surface area contributed by atoms with E-state index in [-0.39, 0.29) is 36.4 Å². The number of hydrogen-bond donors (Lipinski definition) is 3. The fourth-order valence-corrected chi connectivity index (χ4v) is 4.55. The third-order valence-corrected chi connectivity index (χ3v) is 6.39. The maximum atomic E-state index is 14.4. The lowest BCUT2D eigenvalue weighted by atomic mass is 9.94. The minimum atomic E-state index is -1.27. The number of halogens is 2. The van der Waals surface area contributed by atoms with Crippen molar-refractivity contribution in [2.45, 2.75) is 44.7 Å². The number of carbonyl (C=O) groups is 2. The van der Waals surface area contributed by atoms with E-state index in [1.165, 1.54) is 31.2 Å². The molecule has 1 heterocycles. The number of benzene rings is 3. The van der Waals surface area contributed by atoms with Crippen LogP contribution in [0.3, 0.4) is 0 Å². The molecule has 0 spiro atoms. The van der Waals surface area contributed by atoms with Crippen LogP contribution in [-0.4, -0.2) is 53.1 Å². The molecule has 4 rings (SSSR count). The summed E-state index contributed by atoms with van der Waals surface area (Å²) in [5, 5.41) is 17.0. The Balaban J connectivity index is 1.46. The number of nitrogens with one attached hydrogen (secondary N) is 2. The van der Waals surface area contributed by atoms with Crippen LogP contribution in [0.15, 0.2) is 72.8 Å². The monoisotopic (exact) mass is 523 g/mol. The molecule has 0 saturated carbocycles. The molecular formula is C29H31F2N3O4. The van der Waals surface area contributed by atoms with Gasteiger partial charge in [0.1, 0.15) is 30.0 Å². The van der Waals surface area contributed by atoms with Gasteiger partial charge >= 0.3 is 0 Å². The van der Waals surface area contributed by atoms with Crippen molar-refractivity contribution in [1.29, 1.82) is 0 Å². The lowest BCUT2D eigenvalue weighted by Gasteiger charge is -2.38. The molecule has 3 N–H and O–H groups in total. The highest BCUT2D eigenvalue weighted by Crippen LogP contribution is 2.21. The normalized spacial score (nSPS) is 17.1. The van der Waals surface area contributed by atoms with Crippen molar-refractivity contribution in [3.05, 3.63) is 101 Å². The Bertz CT molecular complexity index is 1240. The Morgan fingerprint density at radius 2 is 1.79 bits per heavy atom. The summed E-state index contributed by atoms with van der Waals surface area (Å²) in [5.41, 5.74) is 2.16. The topological polar surface area (TPSA) is 90.9 Å². The second-order valence-corrected chi connectivity index (χ2v) is 9.39. The van der Waals surface area contributed by atoms with Crippen molar-refractivity contribution in [3.63, 3.8) is 0 Å². The summed E-state index contributed by atoms with van der Waals surface area (Å²) in [6, 6.07) is 17.7. The highest BCUT2D eigenvalue weighted by atomic mass is 19.1. The van der Waals surface area contributed by atoms with E-state index in [0.717, 1.165) is 5.56 Å². The largest absolute Gasteiger partial charge is 0.489 e. The Hall–Kier alpha value is -3.82. The van der Waals surface area contributed by atoms with Crippen LogP contribution in [0.25, 0.3) is 0 Å². The predicted octanol–water partition coefficient (Wildman–Crippen LogP) is 2.95. The maximum absolute atomic E-state index is 14.4. The van der Waals surface area contributed by atoms with Gasteiger partial charge in [-0.05, 0) is 47.4 Å². The zero-order valence-corrected chi connectivity index (χ0v) is 21.1. The van der Waals surface area contributed by atoms with Gasteiger partial charge in [0.2, 0.25) is 11.8 Å². The summed E-state index contributed by atoms with van der Waals surface area (Å²) < 4.78 is 33.3. The molecule has 3 aromatic carbocycles. The number of nitrogens with zero attached hydrogens (tertiary/aromatic N) is 1.